The van der Waals surface area contributed by atoms with E-state index in [9.17, 15) is 4.79 Å². The van der Waals surface area contributed by atoms with Crippen molar-refractivity contribution in [3.05, 3.63) is 60.3 Å². The number of hydrogen-bond acceptors (Lipinski definition) is 10. The van der Waals surface area contributed by atoms with Crippen LogP contribution >= 0.6 is 11.9 Å². The Labute approximate surface area is 210 Å². The van der Waals surface area contributed by atoms with E-state index >= 15 is 0 Å². The van der Waals surface area contributed by atoms with E-state index in [4.69, 9.17) is 10.5 Å². The number of benzene rings is 1. The van der Waals surface area contributed by atoms with Crippen molar-refractivity contribution in [1.29, 1.82) is 0 Å². The number of nitrogen functional groups attached to an aromatic ring is 1. The molecule has 0 atom stereocenters. The topological polar surface area (TPSA) is 121 Å². The Kier molecular flexibility index (Phi) is 9.79. The summed E-state index contributed by atoms with van der Waals surface area (Å²) in [6, 6.07) is 8.00. The average Bonchev–Trinajstić information content (AvgIpc) is 2.88. The summed E-state index contributed by atoms with van der Waals surface area (Å²) < 4.78 is 7.44. The molecule has 1 aliphatic heterocycles. The molecule has 11 heteroatoms. The third-order valence-electron chi connectivity index (χ3n) is 5.35. The van der Waals surface area contributed by atoms with Gasteiger partial charge in [0.15, 0.2) is 11.5 Å². The van der Waals surface area contributed by atoms with Crippen LogP contribution in [0.3, 0.4) is 0 Å². The summed E-state index contributed by atoms with van der Waals surface area (Å²) in [4.78, 5) is 28.5. The number of rotatable bonds is 11. The molecular formula is C24H32N8O2S. The number of aromatic nitrogens is 2. The van der Waals surface area contributed by atoms with E-state index in [1.807, 2.05) is 36.2 Å². The molecule has 1 aromatic carbocycles. The van der Waals surface area contributed by atoms with Crippen molar-refractivity contribution in [3.8, 4) is 11.3 Å². The van der Waals surface area contributed by atoms with E-state index < -0.39 is 5.91 Å². The number of amides is 1. The summed E-state index contributed by atoms with van der Waals surface area (Å²) in [5, 5.41) is 6.13. The van der Waals surface area contributed by atoms with E-state index in [0.717, 1.165) is 36.6 Å². The minimum atomic E-state index is -0.515. The first-order valence-electron chi connectivity index (χ1n) is 11.2. The number of nitrogens with one attached hydrogen (secondary N) is 2. The van der Waals surface area contributed by atoms with Crippen molar-refractivity contribution in [2.24, 2.45) is 4.99 Å². The summed E-state index contributed by atoms with van der Waals surface area (Å²) in [7, 11) is 3.46. The number of aliphatic imine (C=N–C) groups is 1. The van der Waals surface area contributed by atoms with Crippen LogP contribution in [-0.2, 0) is 4.74 Å². The summed E-state index contributed by atoms with van der Waals surface area (Å²) in [5.74, 6) is -0.486. The van der Waals surface area contributed by atoms with Gasteiger partial charge in [-0.2, -0.15) is 0 Å². The van der Waals surface area contributed by atoms with Gasteiger partial charge in [0.2, 0.25) is 0 Å². The highest BCUT2D eigenvalue weighted by Gasteiger charge is 2.19. The van der Waals surface area contributed by atoms with Gasteiger partial charge in [-0.25, -0.2) is 14.3 Å². The van der Waals surface area contributed by atoms with Gasteiger partial charge in [0.05, 0.1) is 36.1 Å². The highest BCUT2D eigenvalue weighted by Crippen LogP contribution is 2.26. The smallest absolute Gasteiger partial charge is 0.278 e. The minimum Gasteiger partial charge on any atom is -0.383 e. The first-order chi connectivity index (χ1) is 16.9. The maximum absolute atomic E-state index is 13.1. The zero-order chi connectivity index (χ0) is 25.2. The second-order valence-corrected chi connectivity index (χ2v) is 8.99. The molecule has 0 bridgehead atoms. The number of ether oxygens (including phenoxy) is 1. The van der Waals surface area contributed by atoms with E-state index in [2.05, 4.69) is 43.2 Å². The van der Waals surface area contributed by atoms with Crippen LogP contribution in [0.2, 0.25) is 0 Å². The largest absolute Gasteiger partial charge is 0.383 e. The summed E-state index contributed by atoms with van der Waals surface area (Å²) >= 11 is 1.73. The van der Waals surface area contributed by atoms with Gasteiger partial charge in [0, 0.05) is 57.3 Å². The zero-order valence-electron chi connectivity index (χ0n) is 20.2. The Morgan fingerprint density at radius 1 is 1.37 bits per heavy atom. The van der Waals surface area contributed by atoms with Crippen LogP contribution in [0.1, 0.15) is 10.5 Å². The number of carbonyl (C=O) groups is 1. The van der Waals surface area contributed by atoms with Crippen molar-refractivity contribution in [2.75, 3.05) is 59.2 Å². The van der Waals surface area contributed by atoms with Gasteiger partial charge in [0.1, 0.15) is 0 Å². The predicted molar refractivity (Wildman–Crippen MR) is 141 cm³/mol. The fraction of sp³-hybridized carbons (Fsp3) is 0.333. The maximum atomic E-state index is 13.1. The molecule has 10 nitrogen and oxygen atoms in total. The third kappa shape index (κ3) is 7.36. The molecule has 1 fully saturated rings. The molecule has 35 heavy (non-hydrogen) atoms. The Hall–Kier alpha value is -3.25. The second kappa shape index (κ2) is 13.0. The molecule has 0 aliphatic carbocycles. The maximum Gasteiger partial charge on any atom is 0.278 e. The lowest BCUT2D eigenvalue weighted by Gasteiger charge is -2.25. The number of anilines is 1. The highest BCUT2D eigenvalue weighted by atomic mass is 32.2. The van der Waals surface area contributed by atoms with E-state index in [0.29, 0.717) is 30.2 Å². The molecule has 1 aromatic heterocycles. The van der Waals surface area contributed by atoms with Crippen LogP contribution in [0.4, 0.5) is 5.82 Å². The lowest BCUT2D eigenvalue weighted by molar-refractivity contribution is 0.0960. The highest BCUT2D eigenvalue weighted by molar-refractivity contribution is 7.97. The normalized spacial score (nSPS) is 14.4. The van der Waals surface area contributed by atoms with Gasteiger partial charge < -0.3 is 26.0 Å². The van der Waals surface area contributed by atoms with Crippen molar-refractivity contribution in [2.45, 2.75) is 4.90 Å². The number of hydrogen-bond donors (Lipinski definition) is 3. The molecular weight excluding hydrogens is 464 g/mol. The Morgan fingerprint density at radius 2 is 2.09 bits per heavy atom. The molecule has 4 N–H and O–H groups in total. The molecule has 0 unspecified atom stereocenters. The summed E-state index contributed by atoms with van der Waals surface area (Å²) in [6.07, 6.45) is 2.98. The first-order valence-corrected chi connectivity index (χ1v) is 11.9. The lowest BCUT2D eigenvalue weighted by Crippen LogP contribution is -2.39. The van der Waals surface area contributed by atoms with Crippen LogP contribution in [0.25, 0.3) is 11.3 Å². The molecule has 0 saturated carbocycles. The van der Waals surface area contributed by atoms with Crippen molar-refractivity contribution < 1.29 is 9.53 Å². The van der Waals surface area contributed by atoms with E-state index in [-0.39, 0.29) is 11.5 Å². The molecule has 3 rings (SSSR count). The number of carbonyl (C=O) groups excluding carboxylic acids is 1. The fourth-order valence-electron chi connectivity index (χ4n) is 3.30. The predicted octanol–water partition coefficient (Wildman–Crippen LogP) is 2.00. The number of likely N-dealkylation sites (N-methyl/N-ethyl adjacent to an activating group) is 1. The molecule has 2 aromatic rings. The third-order valence-corrected chi connectivity index (χ3v) is 6.45. The zero-order valence-corrected chi connectivity index (χ0v) is 21.0. The molecule has 1 amide bonds. The SMILES string of the molecule is C=N/C=C(/NC(=O)c1nc(-c2ccc(SN3CCNCC3)cc2)cnc1N)C(=C)N(C)CCOC. The minimum absolute atomic E-state index is 0.0177. The molecule has 0 radical (unpaired) electrons. The van der Waals surface area contributed by atoms with Crippen LogP contribution in [-0.4, -0.2) is 85.3 Å². The van der Waals surface area contributed by atoms with Crippen molar-refractivity contribution >= 4 is 30.4 Å². The Bertz CT molecular complexity index is 1070. The Morgan fingerprint density at radius 3 is 2.74 bits per heavy atom. The Balaban J connectivity index is 1.74. The molecule has 186 valence electrons. The van der Waals surface area contributed by atoms with Crippen molar-refractivity contribution in [1.82, 2.24) is 29.8 Å². The summed E-state index contributed by atoms with van der Waals surface area (Å²) in [6.45, 7) is 12.6. The van der Waals surface area contributed by atoms with Gasteiger partial charge in [-0.05, 0) is 30.8 Å². The van der Waals surface area contributed by atoms with Gasteiger partial charge in [0.25, 0.3) is 5.91 Å². The molecule has 0 spiro atoms. The molecule has 1 aliphatic rings. The number of nitrogens with two attached hydrogens (primary N) is 1. The van der Waals surface area contributed by atoms with Gasteiger partial charge in [-0.3, -0.25) is 9.79 Å². The van der Waals surface area contributed by atoms with E-state index in [1.54, 1.807) is 25.3 Å². The van der Waals surface area contributed by atoms with Crippen LogP contribution in [0.15, 0.2) is 64.5 Å². The monoisotopic (exact) mass is 496 g/mol. The van der Waals surface area contributed by atoms with Gasteiger partial charge >= 0.3 is 0 Å². The second-order valence-electron chi connectivity index (χ2n) is 7.82. The van der Waals surface area contributed by atoms with Gasteiger partial charge in [-0.15, -0.1) is 0 Å². The van der Waals surface area contributed by atoms with Crippen molar-refractivity contribution in [3.63, 3.8) is 0 Å². The van der Waals surface area contributed by atoms with Crippen LogP contribution in [0.5, 0.6) is 0 Å². The first kappa shape index (κ1) is 26.4. The number of methoxy groups -OCH3 is 1. The lowest BCUT2D eigenvalue weighted by atomic mass is 10.1. The van der Waals surface area contributed by atoms with E-state index in [1.165, 1.54) is 6.20 Å². The average molecular weight is 497 g/mol. The number of nitrogens with zero attached hydrogens (tertiary/aromatic N) is 5. The van der Waals surface area contributed by atoms with Crippen LogP contribution in [0, 0.1) is 0 Å². The molecule has 2 heterocycles. The molecule has 1 saturated heterocycles. The summed E-state index contributed by atoms with van der Waals surface area (Å²) in [5.41, 5.74) is 8.32. The standard InChI is InChI=1S/C24H32N8O2S/c1-17(31(3)13-14-34-4)20(15-26-2)30-24(33)22-23(25)28-16-21(29-22)18-5-7-19(8-6-18)35-32-11-9-27-10-12-32/h5-8,15-16,27H,1-2,9-14H2,3-4H3,(H2,25,28)(H,30,33)/b20-15+. The van der Waals surface area contributed by atoms with Gasteiger partial charge in [-0.1, -0.05) is 18.7 Å². The number of piperazine rings is 1. The quantitative estimate of drug-likeness (QED) is 0.244. The van der Waals surface area contributed by atoms with Crippen LogP contribution < -0.4 is 16.4 Å². The fourth-order valence-corrected chi connectivity index (χ4v) is 4.22.